The maximum absolute atomic E-state index is 14.5. The number of allylic oxidation sites excluding steroid dienone is 1. The smallest absolute Gasteiger partial charge is 0.408 e. The van der Waals surface area contributed by atoms with E-state index >= 15 is 0 Å². The summed E-state index contributed by atoms with van der Waals surface area (Å²) in [5.41, 5.74) is 1.44. The fourth-order valence-corrected chi connectivity index (χ4v) is 8.70. The number of aliphatic carboxylic acids is 1. The summed E-state index contributed by atoms with van der Waals surface area (Å²) in [5, 5.41) is 20.5. The molecule has 4 aliphatic rings. The molecule has 10 nitrogen and oxygen atoms in total. The molecule has 3 amide bonds. The van der Waals surface area contributed by atoms with Crippen LogP contribution in [0.2, 0.25) is 0 Å². The predicted octanol–water partition coefficient (Wildman–Crippen LogP) is 6.23. The average molecular weight is 699 g/mol. The van der Waals surface area contributed by atoms with E-state index in [-0.39, 0.29) is 24.4 Å². The van der Waals surface area contributed by atoms with Gasteiger partial charge in [-0.1, -0.05) is 49.3 Å². The zero-order valence-electron chi connectivity index (χ0n) is 28.9. The van der Waals surface area contributed by atoms with Gasteiger partial charge in [0.2, 0.25) is 11.8 Å². The van der Waals surface area contributed by atoms with Crippen molar-refractivity contribution >= 4 is 46.0 Å². The van der Waals surface area contributed by atoms with Crippen LogP contribution in [0.3, 0.4) is 0 Å². The first-order chi connectivity index (χ1) is 23.9. The van der Waals surface area contributed by atoms with Gasteiger partial charge in [-0.25, -0.2) is 9.59 Å². The van der Waals surface area contributed by atoms with E-state index in [0.29, 0.717) is 38.8 Å². The van der Waals surface area contributed by atoms with Crippen LogP contribution in [-0.2, 0) is 32.2 Å². The number of carboxylic acids is 1. The first kappa shape index (κ1) is 34.2. The molecule has 0 radical (unpaired) electrons. The molecule has 3 aliphatic heterocycles. The number of benzene rings is 2. The number of ether oxygens (including phenoxy) is 1. The van der Waals surface area contributed by atoms with Gasteiger partial charge in [0, 0.05) is 36.5 Å². The quantitative estimate of drug-likeness (QED) is 0.276. The van der Waals surface area contributed by atoms with Crippen LogP contribution in [-0.4, -0.2) is 74.6 Å². The summed E-state index contributed by atoms with van der Waals surface area (Å²) in [6, 6.07) is 13.1. The molecule has 4 heterocycles. The molecule has 3 N–H and O–H groups in total. The molecule has 1 aliphatic carbocycles. The topological polar surface area (TPSA) is 128 Å². The fourth-order valence-electron chi connectivity index (χ4n) is 7.99. The Morgan fingerprint density at radius 2 is 1.88 bits per heavy atom. The van der Waals surface area contributed by atoms with Crippen molar-refractivity contribution in [2.45, 2.75) is 108 Å². The number of carboxylic acid groups (broad SMARTS) is 1. The van der Waals surface area contributed by atoms with E-state index in [4.69, 9.17) is 4.74 Å². The van der Waals surface area contributed by atoms with E-state index in [9.17, 15) is 24.3 Å². The maximum Gasteiger partial charge on any atom is 0.408 e. The van der Waals surface area contributed by atoms with Gasteiger partial charge in [-0.15, -0.1) is 11.3 Å². The molecule has 1 saturated heterocycles. The number of amides is 3. The van der Waals surface area contributed by atoms with Crippen LogP contribution in [0, 0.1) is 5.92 Å². The first-order valence-corrected chi connectivity index (χ1v) is 18.6. The Kier molecular flexibility index (Phi) is 9.23. The Morgan fingerprint density at radius 1 is 1.06 bits per heavy atom. The number of nitrogens with zero attached hydrogens (tertiary/aromatic N) is 2. The van der Waals surface area contributed by atoms with Gasteiger partial charge in [-0.3, -0.25) is 14.5 Å². The highest BCUT2D eigenvalue weighted by molar-refractivity contribution is 7.13. The van der Waals surface area contributed by atoms with Crippen molar-refractivity contribution in [1.82, 2.24) is 20.4 Å². The van der Waals surface area contributed by atoms with E-state index in [1.807, 2.05) is 12.2 Å². The van der Waals surface area contributed by atoms with E-state index < -0.39 is 41.2 Å². The zero-order valence-corrected chi connectivity index (χ0v) is 29.8. The number of nitrogens with one attached hydrogen (secondary N) is 2. The van der Waals surface area contributed by atoms with Crippen LogP contribution in [0.1, 0.15) is 76.8 Å². The molecule has 50 heavy (non-hydrogen) atoms. The largest absolute Gasteiger partial charge is 0.479 e. The minimum atomic E-state index is -1.38. The molecule has 5 atom stereocenters. The van der Waals surface area contributed by atoms with Gasteiger partial charge >= 0.3 is 12.1 Å². The summed E-state index contributed by atoms with van der Waals surface area (Å²) in [4.78, 5) is 59.3. The molecule has 3 aromatic rings. The van der Waals surface area contributed by atoms with E-state index in [0.717, 1.165) is 19.3 Å². The highest BCUT2D eigenvalue weighted by atomic mass is 32.1. The first-order valence-electron chi connectivity index (χ1n) is 17.8. The molecular weight excluding hydrogens is 653 g/mol. The molecule has 4 unspecified atom stereocenters. The lowest BCUT2D eigenvalue weighted by Crippen LogP contribution is -2.56. The number of alkyl carbamates (subject to hydrolysis) is 1. The highest BCUT2D eigenvalue weighted by Gasteiger charge is 2.61. The van der Waals surface area contributed by atoms with E-state index in [1.165, 1.54) is 32.3 Å². The number of rotatable bonds is 4. The number of fused-ring (bicyclic) bond motifs is 2. The third-order valence-electron chi connectivity index (χ3n) is 10.5. The Bertz CT molecular complexity index is 1830. The monoisotopic (exact) mass is 698 g/mol. The number of hydrogen-bond donors (Lipinski definition) is 3. The summed E-state index contributed by atoms with van der Waals surface area (Å²) in [6.07, 6.45) is 7.50. The molecule has 1 saturated carbocycles. The standard InChI is InChI=1S/C39H46N4O6S/c1-38(2,3)49-37(48)40-30-14-8-6-4-5-7-13-28-20-39(28,36(46)47)41-34(44)31-19-29(23-43(31)35(30)45)42-21-25-12-9-11-24-17-26(32-15-10-16-50-32)18-27(22-42)33(24)25/h7,9-13,15-18,28-31H,4-6,8,14,19-23H2,1-3H3,(H,40,48)(H,41,44)(H,46,47)/b13-7+/t28?,29-,30?,31?,39?/m1/s1. The lowest BCUT2D eigenvalue weighted by Gasteiger charge is -2.34. The van der Waals surface area contributed by atoms with Crippen molar-refractivity contribution in [3.8, 4) is 10.4 Å². The van der Waals surface area contributed by atoms with E-state index in [2.05, 4.69) is 63.4 Å². The summed E-state index contributed by atoms with van der Waals surface area (Å²) in [5.74, 6) is -2.18. The molecular formula is C39H46N4O6S. The zero-order chi connectivity index (χ0) is 35.2. The molecule has 11 heteroatoms. The van der Waals surface area contributed by atoms with Gasteiger partial charge in [0.05, 0.1) is 0 Å². The number of carbonyl (C=O) groups excluding carboxylic acids is 3. The van der Waals surface area contributed by atoms with Crippen molar-refractivity contribution in [3.63, 3.8) is 0 Å². The second kappa shape index (κ2) is 13.5. The predicted molar refractivity (Wildman–Crippen MR) is 192 cm³/mol. The lowest BCUT2D eigenvalue weighted by molar-refractivity contribution is -0.145. The molecule has 7 rings (SSSR count). The van der Waals surface area contributed by atoms with Crippen molar-refractivity contribution in [2.75, 3.05) is 6.54 Å². The number of hydrogen-bond acceptors (Lipinski definition) is 7. The van der Waals surface area contributed by atoms with Crippen LogP contribution >= 0.6 is 11.3 Å². The SMILES string of the molecule is CC(C)(C)OC(=O)NC1CCCCC/C=C/C2CC2(C(=O)O)NC(=O)C2C[C@@H](N3Cc4cccc5cc(-c6cccs6)cc(c45)C3)CN2C1=O. The summed E-state index contributed by atoms with van der Waals surface area (Å²) >= 11 is 1.71. The molecule has 2 aromatic carbocycles. The minimum Gasteiger partial charge on any atom is -0.479 e. The van der Waals surface area contributed by atoms with Crippen molar-refractivity contribution in [1.29, 1.82) is 0 Å². The highest BCUT2D eigenvalue weighted by Crippen LogP contribution is 2.46. The molecule has 0 spiro atoms. The third-order valence-corrected chi connectivity index (χ3v) is 11.5. The fraction of sp³-hybridized carbons (Fsp3) is 0.487. The number of thiophene rings is 1. The van der Waals surface area contributed by atoms with Gasteiger partial charge in [0.1, 0.15) is 23.2 Å². The Balaban J connectivity index is 1.20. The Labute approximate surface area is 296 Å². The van der Waals surface area contributed by atoms with Crippen LogP contribution in [0.25, 0.3) is 21.2 Å². The maximum atomic E-state index is 14.5. The lowest BCUT2D eigenvalue weighted by atomic mass is 9.92. The minimum absolute atomic E-state index is 0.166. The van der Waals surface area contributed by atoms with Crippen molar-refractivity contribution in [2.24, 2.45) is 5.92 Å². The van der Waals surface area contributed by atoms with Gasteiger partial charge in [-0.2, -0.15) is 0 Å². The van der Waals surface area contributed by atoms with E-state index in [1.54, 1.807) is 37.0 Å². The normalized spacial score (nSPS) is 28.1. The Hall–Kier alpha value is -4.22. The molecule has 0 bridgehead atoms. The average Bonchev–Trinajstić information content (AvgIpc) is 3.39. The van der Waals surface area contributed by atoms with Gasteiger partial charge < -0.3 is 25.4 Å². The van der Waals surface area contributed by atoms with Crippen molar-refractivity contribution in [3.05, 3.63) is 71.1 Å². The van der Waals surface area contributed by atoms with Crippen LogP contribution in [0.15, 0.2) is 60.0 Å². The van der Waals surface area contributed by atoms with Crippen molar-refractivity contribution < 1.29 is 29.0 Å². The second-order valence-electron chi connectivity index (χ2n) is 15.3. The summed E-state index contributed by atoms with van der Waals surface area (Å²) in [6.45, 7) is 6.91. The number of carbonyl (C=O) groups is 4. The second-order valence-corrected chi connectivity index (χ2v) is 16.2. The molecule has 2 fully saturated rings. The summed E-state index contributed by atoms with van der Waals surface area (Å²) in [7, 11) is 0. The molecule has 1 aromatic heterocycles. The van der Waals surface area contributed by atoms with Gasteiger partial charge in [-0.05, 0) is 104 Å². The van der Waals surface area contributed by atoms with Gasteiger partial charge in [0.25, 0.3) is 0 Å². The summed E-state index contributed by atoms with van der Waals surface area (Å²) < 4.78 is 5.54. The Morgan fingerprint density at radius 3 is 2.64 bits per heavy atom. The van der Waals surface area contributed by atoms with Gasteiger partial charge in [0.15, 0.2) is 0 Å². The van der Waals surface area contributed by atoms with Crippen LogP contribution in [0.4, 0.5) is 4.79 Å². The third kappa shape index (κ3) is 6.90. The van der Waals surface area contributed by atoms with Crippen LogP contribution < -0.4 is 10.6 Å². The molecule has 264 valence electrons. The van der Waals surface area contributed by atoms with Crippen LogP contribution in [0.5, 0.6) is 0 Å².